The van der Waals surface area contributed by atoms with Crippen LogP contribution < -0.4 is 5.32 Å². The first-order chi connectivity index (χ1) is 10.1. The third-order valence-corrected chi connectivity index (χ3v) is 4.11. The molecule has 6 nitrogen and oxygen atoms in total. The first kappa shape index (κ1) is 19.2. The zero-order valence-corrected chi connectivity index (χ0v) is 16.7. The van der Waals surface area contributed by atoms with Crippen LogP contribution in [-0.2, 0) is 20.1 Å². The van der Waals surface area contributed by atoms with E-state index in [-0.39, 0.29) is 24.0 Å². The second-order valence-corrected chi connectivity index (χ2v) is 6.33. The Balaban J connectivity index is 0.00000242. The summed E-state index contributed by atoms with van der Waals surface area (Å²) in [5.41, 5.74) is 0. The molecule has 0 amide bonds. The van der Waals surface area contributed by atoms with Gasteiger partial charge in [-0.05, 0) is 19.1 Å². The molecule has 0 aromatic carbocycles. The fourth-order valence-corrected chi connectivity index (χ4v) is 2.97. The summed E-state index contributed by atoms with van der Waals surface area (Å²) in [6.07, 6.45) is 1.54. The maximum absolute atomic E-state index is 5.97. The SMILES string of the molecule is CCNC(=NCc1ncnn1C)N(C)Cc1ccc(Cl)s1.I. The van der Waals surface area contributed by atoms with Crippen molar-refractivity contribution in [2.75, 3.05) is 13.6 Å². The van der Waals surface area contributed by atoms with E-state index >= 15 is 0 Å². The molecule has 2 aromatic heterocycles. The summed E-state index contributed by atoms with van der Waals surface area (Å²) in [5.74, 6) is 1.67. The number of hydrogen-bond donors (Lipinski definition) is 1. The van der Waals surface area contributed by atoms with Crippen LogP contribution in [0.2, 0.25) is 4.34 Å². The molecule has 0 spiro atoms. The Bertz CT molecular complexity index is 611. The van der Waals surface area contributed by atoms with E-state index in [4.69, 9.17) is 11.6 Å². The number of nitrogens with one attached hydrogen (secondary N) is 1. The highest BCUT2D eigenvalue weighted by Crippen LogP contribution is 2.22. The van der Waals surface area contributed by atoms with E-state index in [0.717, 1.165) is 29.2 Å². The van der Waals surface area contributed by atoms with Crippen molar-refractivity contribution < 1.29 is 0 Å². The zero-order chi connectivity index (χ0) is 15.2. The summed E-state index contributed by atoms with van der Waals surface area (Å²) in [7, 11) is 3.87. The van der Waals surface area contributed by atoms with E-state index in [1.807, 2.05) is 33.2 Å². The van der Waals surface area contributed by atoms with Crippen LogP contribution in [0, 0.1) is 0 Å². The maximum atomic E-state index is 5.97. The fraction of sp³-hybridized carbons (Fsp3) is 0.462. The summed E-state index contributed by atoms with van der Waals surface area (Å²) in [4.78, 5) is 12.0. The number of guanidine groups is 1. The average Bonchev–Trinajstić information content (AvgIpc) is 3.03. The van der Waals surface area contributed by atoms with Crippen LogP contribution in [0.5, 0.6) is 0 Å². The molecule has 0 aliphatic heterocycles. The van der Waals surface area contributed by atoms with Crippen molar-refractivity contribution >= 4 is 52.9 Å². The predicted molar refractivity (Wildman–Crippen MR) is 102 cm³/mol. The summed E-state index contributed by atoms with van der Waals surface area (Å²) in [5, 5.41) is 7.33. The van der Waals surface area contributed by atoms with Gasteiger partial charge in [0, 0.05) is 25.5 Å². The molecule has 122 valence electrons. The molecular formula is C13H20ClIN6S. The molecule has 1 N–H and O–H groups in total. The average molecular weight is 455 g/mol. The molecule has 0 fully saturated rings. The van der Waals surface area contributed by atoms with Gasteiger partial charge < -0.3 is 10.2 Å². The predicted octanol–water partition coefficient (Wildman–Crippen LogP) is 2.75. The van der Waals surface area contributed by atoms with Gasteiger partial charge in [-0.1, -0.05) is 11.6 Å². The third-order valence-electron chi connectivity index (χ3n) is 2.89. The molecule has 0 bridgehead atoms. The van der Waals surface area contributed by atoms with Gasteiger partial charge in [-0.2, -0.15) is 5.10 Å². The highest BCUT2D eigenvalue weighted by molar-refractivity contribution is 14.0. The van der Waals surface area contributed by atoms with Crippen molar-refractivity contribution in [2.24, 2.45) is 12.0 Å². The molecule has 0 saturated carbocycles. The van der Waals surface area contributed by atoms with E-state index in [2.05, 4.69) is 25.3 Å². The molecule has 0 aliphatic rings. The summed E-state index contributed by atoms with van der Waals surface area (Å²) >= 11 is 7.55. The van der Waals surface area contributed by atoms with Crippen LogP contribution in [0.1, 0.15) is 17.6 Å². The van der Waals surface area contributed by atoms with Crippen LogP contribution in [0.25, 0.3) is 0 Å². The van der Waals surface area contributed by atoms with Crippen molar-refractivity contribution in [3.05, 3.63) is 33.5 Å². The Morgan fingerprint density at radius 1 is 1.50 bits per heavy atom. The molecule has 2 aromatic rings. The lowest BCUT2D eigenvalue weighted by Gasteiger charge is -2.21. The number of thiophene rings is 1. The van der Waals surface area contributed by atoms with Crippen molar-refractivity contribution in [3.63, 3.8) is 0 Å². The van der Waals surface area contributed by atoms with Gasteiger partial charge in [-0.15, -0.1) is 35.3 Å². The lowest BCUT2D eigenvalue weighted by atomic mass is 10.4. The van der Waals surface area contributed by atoms with Crippen molar-refractivity contribution in [1.29, 1.82) is 0 Å². The normalized spacial score (nSPS) is 11.2. The Labute approximate surface area is 156 Å². The minimum absolute atomic E-state index is 0. The monoisotopic (exact) mass is 454 g/mol. The molecule has 0 radical (unpaired) electrons. The summed E-state index contributed by atoms with van der Waals surface area (Å²) in [6.45, 7) is 4.12. The smallest absolute Gasteiger partial charge is 0.194 e. The van der Waals surface area contributed by atoms with Crippen molar-refractivity contribution in [3.8, 4) is 0 Å². The van der Waals surface area contributed by atoms with E-state index in [0.29, 0.717) is 6.54 Å². The lowest BCUT2D eigenvalue weighted by molar-refractivity contribution is 0.480. The van der Waals surface area contributed by atoms with Gasteiger partial charge in [-0.25, -0.2) is 9.98 Å². The Kier molecular flexibility index (Phi) is 8.12. The first-order valence-electron chi connectivity index (χ1n) is 6.66. The van der Waals surface area contributed by atoms with Gasteiger partial charge in [0.05, 0.1) is 10.9 Å². The molecule has 9 heteroatoms. The summed E-state index contributed by atoms with van der Waals surface area (Å²) < 4.78 is 2.53. The number of nitrogens with zero attached hydrogens (tertiary/aromatic N) is 5. The Morgan fingerprint density at radius 2 is 2.27 bits per heavy atom. The number of halogens is 2. The number of aryl methyl sites for hydroxylation is 1. The summed E-state index contributed by atoms with van der Waals surface area (Å²) in [6, 6.07) is 3.95. The number of aliphatic imine (C=N–C) groups is 1. The van der Waals surface area contributed by atoms with Gasteiger partial charge in [-0.3, -0.25) is 4.68 Å². The first-order valence-corrected chi connectivity index (χ1v) is 7.86. The maximum Gasteiger partial charge on any atom is 0.194 e. The van der Waals surface area contributed by atoms with Gasteiger partial charge in [0.2, 0.25) is 0 Å². The van der Waals surface area contributed by atoms with E-state index in [1.54, 1.807) is 16.0 Å². The van der Waals surface area contributed by atoms with Crippen LogP contribution in [0.4, 0.5) is 0 Å². The molecule has 22 heavy (non-hydrogen) atoms. The van der Waals surface area contributed by atoms with Crippen LogP contribution in [0.15, 0.2) is 23.5 Å². The topological polar surface area (TPSA) is 58.3 Å². The lowest BCUT2D eigenvalue weighted by Crippen LogP contribution is -2.38. The molecule has 0 unspecified atom stereocenters. The highest BCUT2D eigenvalue weighted by atomic mass is 127. The Hall–Kier alpha value is -0.870. The van der Waals surface area contributed by atoms with Crippen LogP contribution in [0.3, 0.4) is 0 Å². The van der Waals surface area contributed by atoms with Crippen molar-refractivity contribution in [1.82, 2.24) is 25.0 Å². The van der Waals surface area contributed by atoms with E-state index < -0.39 is 0 Å². The molecular weight excluding hydrogens is 435 g/mol. The van der Waals surface area contributed by atoms with Gasteiger partial charge >= 0.3 is 0 Å². The zero-order valence-electron chi connectivity index (χ0n) is 12.8. The number of aromatic nitrogens is 3. The van der Waals surface area contributed by atoms with Crippen molar-refractivity contribution in [2.45, 2.75) is 20.0 Å². The highest BCUT2D eigenvalue weighted by Gasteiger charge is 2.09. The van der Waals surface area contributed by atoms with Crippen LogP contribution >= 0.6 is 46.9 Å². The quantitative estimate of drug-likeness (QED) is 0.429. The molecule has 0 aliphatic carbocycles. The Morgan fingerprint density at radius 3 is 2.82 bits per heavy atom. The second-order valence-electron chi connectivity index (χ2n) is 4.53. The third kappa shape index (κ3) is 5.40. The van der Waals surface area contributed by atoms with E-state index in [9.17, 15) is 0 Å². The number of rotatable bonds is 5. The molecule has 2 rings (SSSR count). The molecule has 0 atom stereocenters. The van der Waals surface area contributed by atoms with Gasteiger partial charge in [0.25, 0.3) is 0 Å². The minimum Gasteiger partial charge on any atom is -0.357 e. The standard InChI is InChI=1S/C13H19ClN6S.HI/c1-4-15-13(16-7-12-17-9-18-20(12)3)19(2)8-10-5-6-11(14)21-10;/h5-6,9H,4,7-8H2,1-3H3,(H,15,16);1H. The molecule has 0 saturated heterocycles. The van der Waals surface area contributed by atoms with Crippen LogP contribution in [-0.4, -0.2) is 39.2 Å². The van der Waals surface area contributed by atoms with E-state index in [1.165, 1.54) is 11.2 Å². The minimum atomic E-state index is 0. The molecule has 2 heterocycles. The number of hydrogen-bond acceptors (Lipinski definition) is 4. The largest absolute Gasteiger partial charge is 0.357 e. The fourth-order valence-electron chi connectivity index (χ4n) is 1.82. The van der Waals surface area contributed by atoms with Gasteiger partial charge in [0.1, 0.15) is 18.7 Å². The second kappa shape index (κ2) is 9.31. The van der Waals surface area contributed by atoms with Gasteiger partial charge in [0.15, 0.2) is 5.96 Å².